The van der Waals surface area contributed by atoms with Crippen LogP contribution >= 0.6 is 11.6 Å². The van der Waals surface area contributed by atoms with Gasteiger partial charge in [0, 0.05) is 28.2 Å². The lowest BCUT2D eigenvalue weighted by molar-refractivity contribution is -0.122. The van der Waals surface area contributed by atoms with Crippen LogP contribution in [0, 0.1) is 0 Å². The molecule has 1 atom stereocenters. The lowest BCUT2D eigenvalue weighted by Crippen LogP contribution is -2.34. The molecular weight excluding hydrogens is 396 g/mol. The van der Waals surface area contributed by atoms with Crippen LogP contribution in [-0.2, 0) is 26.9 Å². The van der Waals surface area contributed by atoms with Gasteiger partial charge < -0.3 is 9.88 Å². The minimum absolute atomic E-state index is 0.0708. The molecule has 7 heteroatoms. The summed E-state index contributed by atoms with van der Waals surface area (Å²) in [5.74, 6) is -0.270. The highest BCUT2D eigenvalue weighted by atomic mass is 35.5. The van der Waals surface area contributed by atoms with Gasteiger partial charge in [0.05, 0.1) is 10.6 Å². The second kappa shape index (κ2) is 8.37. The van der Waals surface area contributed by atoms with Crippen molar-refractivity contribution in [1.82, 2.24) is 9.88 Å². The molecule has 1 heterocycles. The van der Waals surface area contributed by atoms with Gasteiger partial charge in [0.25, 0.3) is 0 Å². The molecule has 0 aliphatic rings. The van der Waals surface area contributed by atoms with E-state index < -0.39 is 9.84 Å². The smallest absolute Gasteiger partial charge is 0.240 e. The molecule has 3 aromatic rings. The molecule has 2 aromatic carbocycles. The summed E-state index contributed by atoms with van der Waals surface area (Å²) in [6, 6.07) is 14.1. The minimum Gasteiger partial charge on any atom is -0.352 e. The predicted octanol–water partition coefficient (Wildman–Crippen LogP) is 4.18. The Morgan fingerprint density at radius 1 is 1.14 bits per heavy atom. The summed E-state index contributed by atoms with van der Waals surface area (Å²) in [5, 5.41) is 4.09. The van der Waals surface area contributed by atoms with Gasteiger partial charge in [-0.25, -0.2) is 8.42 Å². The first kappa shape index (κ1) is 20.4. The summed E-state index contributed by atoms with van der Waals surface area (Å²) in [6.07, 6.45) is 2.39. The third kappa shape index (κ3) is 4.56. The van der Waals surface area contributed by atoms with E-state index in [4.69, 9.17) is 11.6 Å². The van der Waals surface area contributed by atoms with E-state index in [1.807, 2.05) is 26.0 Å². The van der Waals surface area contributed by atoms with Gasteiger partial charge in [0.15, 0.2) is 9.84 Å². The Morgan fingerprint density at radius 3 is 2.50 bits per heavy atom. The Balaban J connectivity index is 1.95. The highest BCUT2D eigenvalue weighted by Gasteiger charge is 2.22. The number of fused-ring (bicyclic) bond motifs is 1. The number of hydrogen-bond acceptors (Lipinski definition) is 3. The zero-order valence-electron chi connectivity index (χ0n) is 15.9. The van der Waals surface area contributed by atoms with Crippen LogP contribution in [0.25, 0.3) is 10.9 Å². The van der Waals surface area contributed by atoms with Crippen LogP contribution in [-0.4, -0.2) is 24.9 Å². The largest absolute Gasteiger partial charge is 0.352 e. The molecule has 3 rings (SSSR count). The maximum Gasteiger partial charge on any atom is 0.240 e. The monoisotopic (exact) mass is 418 g/mol. The molecule has 1 unspecified atom stereocenters. The fraction of sp³-hybridized carbons (Fsp3) is 0.286. The fourth-order valence-corrected chi connectivity index (χ4v) is 4.76. The number of nitrogens with zero attached hydrogens (tertiary/aromatic N) is 1. The second-order valence-corrected chi connectivity index (χ2v) is 9.30. The zero-order valence-corrected chi connectivity index (χ0v) is 17.4. The van der Waals surface area contributed by atoms with Crippen LogP contribution in [0.1, 0.15) is 25.8 Å². The van der Waals surface area contributed by atoms with Gasteiger partial charge in [-0.15, -0.1) is 0 Å². The molecule has 0 aliphatic carbocycles. The van der Waals surface area contributed by atoms with Crippen LogP contribution in [0.4, 0.5) is 0 Å². The van der Waals surface area contributed by atoms with Gasteiger partial charge in [-0.3, -0.25) is 4.79 Å². The SMILES string of the molecule is CCC(C)NC(=O)Cn1cc(S(=O)(=O)Cc2ccc(Cl)cc2)c2ccccc21. The molecular formula is C21H23ClN2O3S. The number of rotatable bonds is 7. The number of amides is 1. The Labute approximate surface area is 170 Å². The van der Waals surface area contributed by atoms with Gasteiger partial charge in [-0.05, 0) is 37.1 Å². The number of para-hydroxylation sites is 1. The van der Waals surface area contributed by atoms with E-state index in [1.54, 1.807) is 47.2 Å². The second-order valence-electron chi connectivity index (χ2n) is 6.90. The summed E-state index contributed by atoms with van der Waals surface area (Å²) in [4.78, 5) is 12.5. The molecule has 0 spiro atoms. The maximum atomic E-state index is 13.1. The van der Waals surface area contributed by atoms with E-state index in [0.717, 1.165) is 11.9 Å². The number of carbonyl (C=O) groups excluding carboxylic acids is 1. The first-order valence-electron chi connectivity index (χ1n) is 9.14. The summed E-state index contributed by atoms with van der Waals surface area (Å²) >= 11 is 5.89. The summed E-state index contributed by atoms with van der Waals surface area (Å²) in [7, 11) is -3.59. The van der Waals surface area contributed by atoms with Gasteiger partial charge in [-0.1, -0.05) is 48.9 Å². The van der Waals surface area contributed by atoms with Gasteiger partial charge in [0.2, 0.25) is 5.91 Å². The number of benzene rings is 2. The standard InChI is InChI=1S/C21H23ClN2O3S/c1-3-15(2)23-21(25)13-24-12-20(18-6-4-5-7-19(18)24)28(26,27)14-16-8-10-17(22)11-9-16/h4-12,15H,3,13-14H2,1-2H3,(H,23,25). The van der Waals surface area contributed by atoms with Crippen molar-refractivity contribution >= 4 is 38.2 Å². The van der Waals surface area contributed by atoms with E-state index in [0.29, 0.717) is 16.0 Å². The third-order valence-electron chi connectivity index (χ3n) is 4.69. The summed E-state index contributed by atoms with van der Waals surface area (Å²) in [5.41, 5.74) is 1.38. The lowest BCUT2D eigenvalue weighted by Gasteiger charge is -2.12. The topological polar surface area (TPSA) is 68.2 Å². The molecule has 0 saturated carbocycles. The van der Waals surface area contributed by atoms with Crippen molar-refractivity contribution in [2.24, 2.45) is 0 Å². The molecule has 5 nitrogen and oxygen atoms in total. The van der Waals surface area contributed by atoms with Gasteiger partial charge in [-0.2, -0.15) is 0 Å². The molecule has 0 aliphatic heterocycles. The molecule has 0 saturated heterocycles. The molecule has 1 amide bonds. The first-order valence-corrected chi connectivity index (χ1v) is 11.2. The van der Waals surface area contributed by atoms with Gasteiger partial charge >= 0.3 is 0 Å². The minimum atomic E-state index is -3.59. The predicted molar refractivity (Wildman–Crippen MR) is 112 cm³/mol. The molecule has 0 radical (unpaired) electrons. The van der Waals surface area contributed by atoms with E-state index in [2.05, 4.69) is 5.32 Å². The highest BCUT2D eigenvalue weighted by molar-refractivity contribution is 7.90. The van der Waals surface area contributed by atoms with Crippen molar-refractivity contribution in [3.8, 4) is 0 Å². The number of aromatic nitrogens is 1. The molecule has 148 valence electrons. The number of carbonyl (C=O) groups is 1. The van der Waals surface area contributed by atoms with E-state index >= 15 is 0 Å². The van der Waals surface area contributed by atoms with Crippen LogP contribution in [0.15, 0.2) is 59.6 Å². The number of hydrogen-bond donors (Lipinski definition) is 1. The summed E-state index contributed by atoms with van der Waals surface area (Å²) in [6.45, 7) is 4.01. The molecule has 0 bridgehead atoms. The molecule has 28 heavy (non-hydrogen) atoms. The highest BCUT2D eigenvalue weighted by Crippen LogP contribution is 2.28. The lowest BCUT2D eigenvalue weighted by atomic mass is 10.2. The van der Waals surface area contributed by atoms with E-state index in [1.165, 1.54) is 0 Å². The average molecular weight is 419 g/mol. The zero-order chi connectivity index (χ0) is 20.3. The van der Waals surface area contributed by atoms with Crippen molar-refractivity contribution in [2.45, 2.75) is 43.5 Å². The molecule has 1 N–H and O–H groups in total. The van der Waals surface area contributed by atoms with Crippen LogP contribution in [0.3, 0.4) is 0 Å². The van der Waals surface area contributed by atoms with Crippen molar-refractivity contribution in [3.05, 3.63) is 65.3 Å². The summed E-state index contributed by atoms with van der Waals surface area (Å²) < 4.78 is 27.8. The Hall–Kier alpha value is -2.31. The Bertz CT molecular complexity index is 1090. The quantitative estimate of drug-likeness (QED) is 0.625. The number of halogens is 1. The molecule has 0 fully saturated rings. The van der Waals surface area contributed by atoms with Crippen LogP contribution in [0.2, 0.25) is 5.02 Å². The van der Waals surface area contributed by atoms with Crippen molar-refractivity contribution in [1.29, 1.82) is 0 Å². The third-order valence-corrected chi connectivity index (χ3v) is 6.65. The normalized spacial score (nSPS) is 12.8. The van der Waals surface area contributed by atoms with Crippen LogP contribution < -0.4 is 5.32 Å². The number of sulfone groups is 1. The van der Waals surface area contributed by atoms with E-state index in [-0.39, 0.29) is 29.1 Å². The maximum absolute atomic E-state index is 13.1. The van der Waals surface area contributed by atoms with Crippen LogP contribution in [0.5, 0.6) is 0 Å². The average Bonchev–Trinajstić information content (AvgIpc) is 3.03. The first-order chi connectivity index (χ1) is 13.3. The number of nitrogens with one attached hydrogen (secondary N) is 1. The van der Waals surface area contributed by atoms with Crippen molar-refractivity contribution in [3.63, 3.8) is 0 Å². The van der Waals surface area contributed by atoms with Gasteiger partial charge in [0.1, 0.15) is 6.54 Å². The molecule has 1 aromatic heterocycles. The Kier molecular flexibility index (Phi) is 6.10. The fourth-order valence-electron chi connectivity index (χ4n) is 3.05. The van der Waals surface area contributed by atoms with Crippen molar-refractivity contribution in [2.75, 3.05) is 0 Å². The van der Waals surface area contributed by atoms with Crippen molar-refractivity contribution < 1.29 is 13.2 Å². The van der Waals surface area contributed by atoms with E-state index in [9.17, 15) is 13.2 Å². The Morgan fingerprint density at radius 2 is 1.82 bits per heavy atom.